The van der Waals surface area contributed by atoms with Crippen molar-refractivity contribution in [3.63, 3.8) is 0 Å². The standard InChI is InChI=1S/C17H23FN2O2/c1-12(20-16(21)14(9-19)17(2,3)4)10-22-11-13-7-5-6-8-15(13)18/h5-8,12,14H,10-11H2,1-4H3,(H,20,21)/t12-,14-/m1/s1. The van der Waals surface area contributed by atoms with Gasteiger partial charge >= 0.3 is 0 Å². The van der Waals surface area contributed by atoms with E-state index in [9.17, 15) is 9.18 Å². The van der Waals surface area contributed by atoms with E-state index in [0.29, 0.717) is 5.56 Å². The average Bonchev–Trinajstić information content (AvgIpc) is 2.40. The fourth-order valence-electron chi connectivity index (χ4n) is 1.97. The van der Waals surface area contributed by atoms with Gasteiger partial charge < -0.3 is 10.1 Å². The average molecular weight is 306 g/mol. The SMILES string of the molecule is C[C@H](COCc1ccccc1F)NC(=O)[C@@H](C#N)C(C)(C)C. The molecule has 0 saturated carbocycles. The quantitative estimate of drug-likeness (QED) is 0.878. The highest BCUT2D eigenvalue weighted by Gasteiger charge is 2.31. The predicted molar refractivity (Wildman–Crippen MR) is 82.2 cm³/mol. The largest absolute Gasteiger partial charge is 0.375 e. The topological polar surface area (TPSA) is 62.1 Å². The van der Waals surface area contributed by atoms with E-state index in [1.807, 2.05) is 26.8 Å². The summed E-state index contributed by atoms with van der Waals surface area (Å²) in [5.74, 6) is -1.34. The van der Waals surface area contributed by atoms with Crippen LogP contribution in [0, 0.1) is 28.5 Å². The summed E-state index contributed by atoms with van der Waals surface area (Å²) in [5.41, 5.74) is 0.0534. The molecule has 0 heterocycles. The number of hydrogen-bond acceptors (Lipinski definition) is 3. The number of carbonyl (C=O) groups excluding carboxylic acids is 1. The number of hydrogen-bond donors (Lipinski definition) is 1. The normalized spacial score (nSPS) is 14.0. The van der Waals surface area contributed by atoms with Crippen molar-refractivity contribution in [2.45, 2.75) is 40.3 Å². The van der Waals surface area contributed by atoms with Crippen LogP contribution < -0.4 is 5.32 Å². The molecule has 0 fully saturated rings. The third-order valence-electron chi connectivity index (χ3n) is 3.23. The molecule has 1 aromatic rings. The summed E-state index contributed by atoms with van der Waals surface area (Å²) in [6.45, 7) is 7.73. The fraction of sp³-hybridized carbons (Fsp3) is 0.529. The molecular weight excluding hydrogens is 283 g/mol. The number of nitrogens with one attached hydrogen (secondary N) is 1. The molecule has 0 unspecified atom stereocenters. The van der Waals surface area contributed by atoms with Gasteiger partial charge in [-0.25, -0.2) is 4.39 Å². The Kier molecular flexibility index (Phi) is 6.51. The molecule has 2 atom stereocenters. The summed E-state index contributed by atoms with van der Waals surface area (Å²) in [7, 11) is 0. The van der Waals surface area contributed by atoms with Gasteiger partial charge in [0, 0.05) is 11.6 Å². The van der Waals surface area contributed by atoms with Gasteiger partial charge in [0.05, 0.1) is 19.3 Å². The summed E-state index contributed by atoms with van der Waals surface area (Å²) in [6, 6.07) is 8.18. The maximum atomic E-state index is 13.4. The zero-order valence-corrected chi connectivity index (χ0v) is 13.5. The fourth-order valence-corrected chi connectivity index (χ4v) is 1.97. The van der Waals surface area contributed by atoms with Gasteiger partial charge in [-0.1, -0.05) is 39.0 Å². The Morgan fingerprint density at radius 3 is 2.59 bits per heavy atom. The molecule has 22 heavy (non-hydrogen) atoms. The van der Waals surface area contributed by atoms with Crippen LogP contribution in [0.15, 0.2) is 24.3 Å². The van der Waals surface area contributed by atoms with Crippen LogP contribution in [-0.4, -0.2) is 18.6 Å². The monoisotopic (exact) mass is 306 g/mol. The predicted octanol–water partition coefficient (Wildman–Crippen LogP) is 3.03. The lowest BCUT2D eigenvalue weighted by Gasteiger charge is -2.25. The maximum absolute atomic E-state index is 13.4. The lowest BCUT2D eigenvalue weighted by atomic mass is 9.81. The van der Waals surface area contributed by atoms with Crippen LogP contribution >= 0.6 is 0 Å². The van der Waals surface area contributed by atoms with Crippen molar-refractivity contribution in [1.82, 2.24) is 5.32 Å². The van der Waals surface area contributed by atoms with E-state index in [-0.39, 0.29) is 31.0 Å². The number of nitrogens with zero attached hydrogens (tertiary/aromatic N) is 1. The molecule has 120 valence electrons. The van der Waals surface area contributed by atoms with Gasteiger partial charge in [-0.15, -0.1) is 0 Å². The van der Waals surface area contributed by atoms with Crippen molar-refractivity contribution < 1.29 is 13.9 Å². The van der Waals surface area contributed by atoms with E-state index in [4.69, 9.17) is 10.00 Å². The van der Waals surface area contributed by atoms with Crippen molar-refractivity contribution >= 4 is 5.91 Å². The van der Waals surface area contributed by atoms with Gasteiger partial charge in [-0.2, -0.15) is 5.26 Å². The van der Waals surface area contributed by atoms with Crippen molar-refractivity contribution in [3.05, 3.63) is 35.6 Å². The number of rotatable bonds is 6. The number of amides is 1. The molecule has 1 N–H and O–H groups in total. The Bertz CT molecular complexity index is 546. The van der Waals surface area contributed by atoms with Gasteiger partial charge in [0.25, 0.3) is 0 Å². The van der Waals surface area contributed by atoms with Crippen LogP contribution in [0.25, 0.3) is 0 Å². The smallest absolute Gasteiger partial charge is 0.238 e. The molecule has 1 amide bonds. The number of carbonyl (C=O) groups is 1. The highest BCUT2D eigenvalue weighted by Crippen LogP contribution is 2.25. The number of ether oxygens (including phenoxy) is 1. The van der Waals surface area contributed by atoms with E-state index in [1.54, 1.807) is 25.1 Å². The van der Waals surface area contributed by atoms with E-state index < -0.39 is 11.3 Å². The van der Waals surface area contributed by atoms with Crippen molar-refractivity contribution in [1.29, 1.82) is 5.26 Å². The van der Waals surface area contributed by atoms with Gasteiger partial charge in [0.15, 0.2) is 0 Å². The molecule has 0 bridgehead atoms. The van der Waals surface area contributed by atoms with Crippen LogP contribution in [0.3, 0.4) is 0 Å². The Morgan fingerprint density at radius 2 is 2.05 bits per heavy atom. The van der Waals surface area contributed by atoms with E-state index in [2.05, 4.69) is 5.32 Å². The zero-order chi connectivity index (χ0) is 16.8. The second-order valence-electron chi connectivity index (χ2n) is 6.44. The first-order valence-electron chi connectivity index (χ1n) is 7.27. The van der Waals surface area contributed by atoms with Crippen molar-refractivity contribution in [2.75, 3.05) is 6.61 Å². The number of halogens is 1. The van der Waals surface area contributed by atoms with Crippen LogP contribution in [0.2, 0.25) is 0 Å². The van der Waals surface area contributed by atoms with Gasteiger partial charge in [0.2, 0.25) is 5.91 Å². The Morgan fingerprint density at radius 1 is 1.41 bits per heavy atom. The van der Waals surface area contributed by atoms with Crippen LogP contribution in [-0.2, 0) is 16.1 Å². The zero-order valence-electron chi connectivity index (χ0n) is 13.5. The summed E-state index contributed by atoms with van der Waals surface area (Å²) in [5, 5.41) is 11.9. The van der Waals surface area contributed by atoms with E-state index in [0.717, 1.165) is 0 Å². The molecular formula is C17H23FN2O2. The van der Waals surface area contributed by atoms with Crippen molar-refractivity contribution in [2.24, 2.45) is 11.3 Å². The Hall–Kier alpha value is -1.93. The summed E-state index contributed by atoms with van der Waals surface area (Å²) < 4.78 is 18.8. The Balaban J connectivity index is 2.44. The van der Waals surface area contributed by atoms with E-state index in [1.165, 1.54) is 6.07 Å². The molecule has 0 aliphatic heterocycles. The summed E-state index contributed by atoms with van der Waals surface area (Å²) >= 11 is 0. The first kappa shape index (κ1) is 18.1. The molecule has 1 aromatic carbocycles. The van der Waals surface area contributed by atoms with Crippen molar-refractivity contribution in [3.8, 4) is 6.07 Å². The molecule has 1 rings (SSSR count). The number of benzene rings is 1. The van der Waals surface area contributed by atoms with E-state index >= 15 is 0 Å². The molecule has 0 spiro atoms. The van der Waals surface area contributed by atoms with Crippen LogP contribution in [0.4, 0.5) is 4.39 Å². The lowest BCUT2D eigenvalue weighted by molar-refractivity contribution is -0.127. The van der Waals surface area contributed by atoms with Gasteiger partial charge in [0.1, 0.15) is 11.7 Å². The first-order valence-corrected chi connectivity index (χ1v) is 7.27. The third kappa shape index (κ3) is 5.45. The minimum absolute atomic E-state index is 0.147. The molecule has 0 aliphatic rings. The second-order valence-corrected chi connectivity index (χ2v) is 6.44. The minimum Gasteiger partial charge on any atom is -0.375 e. The molecule has 0 aromatic heterocycles. The number of nitriles is 1. The third-order valence-corrected chi connectivity index (χ3v) is 3.23. The Labute approximate surface area is 131 Å². The summed E-state index contributed by atoms with van der Waals surface area (Å²) in [4.78, 5) is 12.1. The summed E-state index contributed by atoms with van der Waals surface area (Å²) in [6.07, 6.45) is 0. The molecule has 0 saturated heterocycles. The lowest BCUT2D eigenvalue weighted by Crippen LogP contribution is -2.43. The van der Waals surface area contributed by atoms with Crippen LogP contribution in [0.5, 0.6) is 0 Å². The molecule has 4 nitrogen and oxygen atoms in total. The highest BCUT2D eigenvalue weighted by molar-refractivity contribution is 5.82. The minimum atomic E-state index is -0.721. The van der Waals surface area contributed by atoms with Gasteiger partial charge in [-0.3, -0.25) is 4.79 Å². The van der Waals surface area contributed by atoms with Gasteiger partial charge in [-0.05, 0) is 18.4 Å². The molecule has 0 aliphatic carbocycles. The second kappa shape index (κ2) is 7.90. The first-order chi connectivity index (χ1) is 10.3. The molecule has 0 radical (unpaired) electrons. The van der Waals surface area contributed by atoms with Crippen LogP contribution in [0.1, 0.15) is 33.3 Å². The highest BCUT2D eigenvalue weighted by atomic mass is 19.1. The molecule has 5 heteroatoms. The maximum Gasteiger partial charge on any atom is 0.238 e.